The van der Waals surface area contributed by atoms with Crippen LogP contribution in [0.1, 0.15) is 13.8 Å². The van der Waals surface area contributed by atoms with Gasteiger partial charge >= 0.3 is 0 Å². The Hall–Kier alpha value is -1.28. The lowest BCUT2D eigenvalue weighted by atomic mass is 10.1. The van der Waals surface area contributed by atoms with E-state index in [0.29, 0.717) is 0 Å². The van der Waals surface area contributed by atoms with Gasteiger partial charge in [0.1, 0.15) is 11.5 Å². The molecule has 2 aromatic rings. The molecule has 2 aliphatic heterocycles. The fourth-order valence-electron chi connectivity index (χ4n) is 3.46. The molecule has 1 aromatic carbocycles. The Labute approximate surface area is 162 Å². The fraction of sp³-hybridized carbons (Fsp3) is 0.526. The van der Waals surface area contributed by atoms with Gasteiger partial charge in [0.25, 0.3) is 0 Å². The molecule has 5 nitrogen and oxygen atoms in total. The van der Waals surface area contributed by atoms with Crippen molar-refractivity contribution in [1.29, 1.82) is 0 Å². The number of rotatable bonds is 3. The molecule has 0 unspecified atom stereocenters. The zero-order valence-electron chi connectivity index (χ0n) is 15.3. The number of benzene rings is 1. The quantitative estimate of drug-likeness (QED) is 0.753. The normalized spacial score (nSPS) is 21.2. The maximum Gasteiger partial charge on any atom is 0.186 e. The molecule has 0 saturated carbocycles. The highest BCUT2D eigenvalue weighted by Gasteiger charge is 2.28. The van der Waals surface area contributed by atoms with Crippen LogP contribution in [0.25, 0.3) is 10.4 Å². The predicted molar refractivity (Wildman–Crippen MR) is 110 cm³/mol. The second kappa shape index (κ2) is 7.38. The molecule has 7 heteroatoms. The standard InChI is InChI=1S/C19H25N3O2S2/c1-19(2)14-22(7-10-24-19)18-20-13-17(25-18)15-3-5-16(6-4-15)21-8-11-26(23)12-9-21/h3-6,13H,7-12,14H2,1-2H3. The Morgan fingerprint density at radius 2 is 1.85 bits per heavy atom. The third kappa shape index (κ3) is 4.01. The summed E-state index contributed by atoms with van der Waals surface area (Å²) in [6.45, 7) is 8.52. The zero-order chi connectivity index (χ0) is 18.1. The first-order valence-corrected chi connectivity index (χ1v) is 11.4. The van der Waals surface area contributed by atoms with Crippen molar-refractivity contribution >= 4 is 33.3 Å². The van der Waals surface area contributed by atoms with Gasteiger partial charge in [-0.25, -0.2) is 4.98 Å². The van der Waals surface area contributed by atoms with Crippen LogP contribution in [-0.4, -0.2) is 59.4 Å². The summed E-state index contributed by atoms with van der Waals surface area (Å²) >= 11 is 1.10. The van der Waals surface area contributed by atoms with Crippen molar-refractivity contribution in [2.24, 2.45) is 0 Å². The molecule has 140 valence electrons. The predicted octanol–water partition coefficient (Wildman–Crippen LogP) is 2.99. The van der Waals surface area contributed by atoms with E-state index in [1.54, 1.807) is 11.3 Å². The maximum atomic E-state index is 11.5. The molecule has 3 heterocycles. The summed E-state index contributed by atoms with van der Waals surface area (Å²) in [4.78, 5) is 10.5. The van der Waals surface area contributed by atoms with Crippen molar-refractivity contribution in [1.82, 2.24) is 4.98 Å². The summed E-state index contributed by atoms with van der Waals surface area (Å²) in [6.07, 6.45) is 1.97. The number of ether oxygens (including phenoxy) is 1. The van der Waals surface area contributed by atoms with E-state index in [9.17, 15) is 4.55 Å². The largest absolute Gasteiger partial charge is 0.616 e. The second-order valence-electron chi connectivity index (χ2n) is 7.42. The molecule has 0 spiro atoms. The number of anilines is 2. The van der Waals surface area contributed by atoms with Gasteiger partial charge in [0.2, 0.25) is 0 Å². The SMILES string of the molecule is CC1(C)CN(c2ncc(-c3ccc(N4CC[S+]([O-])CC4)cc3)s2)CCO1. The van der Waals surface area contributed by atoms with E-state index in [-0.39, 0.29) is 5.60 Å². The molecule has 0 atom stereocenters. The number of hydrogen-bond donors (Lipinski definition) is 0. The average Bonchev–Trinajstić information content (AvgIpc) is 3.12. The molecule has 0 aliphatic carbocycles. The van der Waals surface area contributed by atoms with E-state index in [0.717, 1.165) is 49.4 Å². The molecule has 2 saturated heterocycles. The van der Waals surface area contributed by atoms with Gasteiger partial charge in [-0.3, -0.25) is 0 Å². The van der Waals surface area contributed by atoms with Crippen LogP contribution in [0.3, 0.4) is 0 Å². The average molecular weight is 392 g/mol. The zero-order valence-corrected chi connectivity index (χ0v) is 16.9. The van der Waals surface area contributed by atoms with Crippen LogP contribution in [0, 0.1) is 0 Å². The van der Waals surface area contributed by atoms with Gasteiger partial charge in [-0.05, 0) is 31.5 Å². The van der Waals surface area contributed by atoms with Gasteiger partial charge < -0.3 is 19.1 Å². The highest BCUT2D eigenvalue weighted by Crippen LogP contribution is 2.34. The minimum Gasteiger partial charge on any atom is -0.616 e. The van der Waals surface area contributed by atoms with Crippen molar-refractivity contribution in [2.75, 3.05) is 54.1 Å². The summed E-state index contributed by atoms with van der Waals surface area (Å²) in [5.41, 5.74) is 2.29. The molecule has 1 aromatic heterocycles. The van der Waals surface area contributed by atoms with Gasteiger partial charge in [-0.1, -0.05) is 34.6 Å². The summed E-state index contributed by atoms with van der Waals surface area (Å²) < 4.78 is 17.3. The van der Waals surface area contributed by atoms with Gasteiger partial charge in [-0.2, -0.15) is 0 Å². The molecular formula is C19H25N3O2S2. The van der Waals surface area contributed by atoms with Gasteiger partial charge in [0.15, 0.2) is 5.13 Å². The number of nitrogens with zero attached hydrogens (tertiary/aromatic N) is 3. The van der Waals surface area contributed by atoms with Crippen molar-refractivity contribution in [3.05, 3.63) is 30.5 Å². The summed E-state index contributed by atoms with van der Waals surface area (Å²) in [5.74, 6) is 1.55. The molecule has 0 N–H and O–H groups in total. The van der Waals surface area contributed by atoms with E-state index in [4.69, 9.17) is 4.74 Å². The van der Waals surface area contributed by atoms with E-state index in [1.807, 2.05) is 6.20 Å². The highest BCUT2D eigenvalue weighted by atomic mass is 32.2. The van der Waals surface area contributed by atoms with Crippen LogP contribution in [0.4, 0.5) is 10.8 Å². The number of hydrogen-bond acceptors (Lipinski definition) is 6. The molecule has 26 heavy (non-hydrogen) atoms. The Morgan fingerprint density at radius 1 is 1.12 bits per heavy atom. The molecule has 4 rings (SSSR count). The lowest BCUT2D eigenvalue weighted by molar-refractivity contribution is -0.0277. The Kier molecular flexibility index (Phi) is 5.14. The molecule has 2 aliphatic rings. The van der Waals surface area contributed by atoms with E-state index < -0.39 is 11.2 Å². The first-order valence-electron chi connectivity index (χ1n) is 9.05. The minimum atomic E-state index is -0.636. The summed E-state index contributed by atoms with van der Waals surface area (Å²) in [6, 6.07) is 8.67. The smallest absolute Gasteiger partial charge is 0.186 e. The summed E-state index contributed by atoms with van der Waals surface area (Å²) in [7, 11) is 0. The molecule has 0 radical (unpaired) electrons. The molecule has 0 bridgehead atoms. The minimum absolute atomic E-state index is 0.121. The first kappa shape index (κ1) is 18.1. The third-order valence-electron chi connectivity index (χ3n) is 4.88. The number of morpholine rings is 1. The Balaban J connectivity index is 1.46. The van der Waals surface area contributed by atoms with Crippen molar-refractivity contribution in [3.8, 4) is 10.4 Å². The van der Waals surface area contributed by atoms with Crippen molar-refractivity contribution in [2.45, 2.75) is 19.4 Å². The topological polar surface area (TPSA) is 51.7 Å². The summed E-state index contributed by atoms with van der Waals surface area (Å²) in [5, 5.41) is 1.07. The number of thiazole rings is 1. The first-order chi connectivity index (χ1) is 12.5. The maximum absolute atomic E-state index is 11.5. The molecule has 2 fully saturated rings. The van der Waals surface area contributed by atoms with E-state index in [2.05, 4.69) is 52.9 Å². The van der Waals surface area contributed by atoms with Crippen LogP contribution >= 0.6 is 11.3 Å². The van der Waals surface area contributed by atoms with Crippen molar-refractivity contribution in [3.63, 3.8) is 0 Å². The fourth-order valence-corrected chi connectivity index (χ4v) is 5.46. The number of aromatic nitrogens is 1. The third-order valence-corrected chi connectivity index (χ3v) is 7.27. The van der Waals surface area contributed by atoms with E-state index in [1.165, 1.54) is 16.1 Å². The van der Waals surface area contributed by atoms with Crippen LogP contribution in [-0.2, 0) is 15.9 Å². The lowest BCUT2D eigenvalue weighted by Crippen LogP contribution is -2.48. The lowest BCUT2D eigenvalue weighted by Gasteiger charge is -2.37. The molecule has 0 amide bonds. The monoisotopic (exact) mass is 391 g/mol. The van der Waals surface area contributed by atoms with Crippen LogP contribution in [0.5, 0.6) is 0 Å². The second-order valence-corrected chi connectivity index (χ2v) is 10.1. The Bertz CT molecular complexity index is 739. The van der Waals surface area contributed by atoms with Gasteiger partial charge in [-0.15, -0.1) is 0 Å². The van der Waals surface area contributed by atoms with Gasteiger partial charge in [0.05, 0.1) is 30.2 Å². The van der Waals surface area contributed by atoms with Crippen LogP contribution < -0.4 is 9.80 Å². The van der Waals surface area contributed by atoms with Crippen LogP contribution in [0.15, 0.2) is 30.5 Å². The van der Waals surface area contributed by atoms with Crippen LogP contribution in [0.2, 0.25) is 0 Å². The van der Waals surface area contributed by atoms with Crippen molar-refractivity contribution < 1.29 is 9.29 Å². The Morgan fingerprint density at radius 3 is 2.54 bits per heavy atom. The van der Waals surface area contributed by atoms with E-state index >= 15 is 0 Å². The molecular weight excluding hydrogens is 366 g/mol. The highest BCUT2D eigenvalue weighted by molar-refractivity contribution is 7.91. The van der Waals surface area contributed by atoms with Gasteiger partial charge in [0, 0.05) is 25.0 Å².